The average Bonchev–Trinajstić information content (AvgIpc) is 2.86. The van der Waals surface area contributed by atoms with Gasteiger partial charge in [-0.3, -0.25) is 10.1 Å². The lowest BCUT2D eigenvalue weighted by Crippen LogP contribution is -2.49. The molecule has 0 aliphatic carbocycles. The minimum atomic E-state index is -1.43. The molecule has 8 nitrogen and oxygen atoms in total. The van der Waals surface area contributed by atoms with Gasteiger partial charge in [0.15, 0.2) is 5.96 Å². The van der Waals surface area contributed by atoms with Crippen LogP contribution in [-0.4, -0.2) is 24.9 Å². The summed E-state index contributed by atoms with van der Waals surface area (Å²) in [5.41, 5.74) is 6.51. The largest absolute Gasteiger partial charge is 0.495 e. The number of nitrogens with zero attached hydrogens (tertiary/aromatic N) is 2. The average molecular weight is 336 g/mol. The summed E-state index contributed by atoms with van der Waals surface area (Å²) in [6, 6.07) is 14.6. The molecular weight excluding hydrogens is 320 g/mol. The second-order valence-electron chi connectivity index (χ2n) is 5.58. The quantitative estimate of drug-likeness (QED) is 0.658. The highest BCUT2D eigenvalue weighted by Gasteiger charge is 2.49. The highest BCUT2D eigenvalue weighted by atomic mass is 16.5. The molecule has 8 heteroatoms. The van der Waals surface area contributed by atoms with Crippen LogP contribution in [0.25, 0.3) is 0 Å². The van der Waals surface area contributed by atoms with Gasteiger partial charge in [0.05, 0.1) is 12.8 Å². The smallest absolute Gasteiger partial charge is 0.280 e. The van der Waals surface area contributed by atoms with Crippen LogP contribution in [0.4, 0.5) is 11.4 Å². The van der Waals surface area contributed by atoms with Gasteiger partial charge in [-0.05, 0) is 18.2 Å². The summed E-state index contributed by atoms with van der Waals surface area (Å²) in [4.78, 5) is 21.4. The van der Waals surface area contributed by atoms with Gasteiger partial charge in [-0.25, -0.2) is 9.98 Å². The summed E-state index contributed by atoms with van der Waals surface area (Å²) in [6.07, 6.45) is 0. The molecule has 2 heterocycles. The number of guanidine groups is 2. The first-order valence-corrected chi connectivity index (χ1v) is 7.65. The van der Waals surface area contributed by atoms with Crippen molar-refractivity contribution in [3.8, 4) is 5.75 Å². The summed E-state index contributed by atoms with van der Waals surface area (Å²) in [6.45, 7) is 0. The highest BCUT2D eigenvalue weighted by molar-refractivity contribution is 6.13. The number of carbonyl (C=O) groups excluding carboxylic acids is 1. The summed E-state index contributed by atoms with van der Waals surface area (Å²) < 4.78 is 5.32. The molecule has 2 aromatic rings. The SMILES string of the molecule is COc1ccccc1NC1=N[C@]2(N=C(N)N1)C(=O)Nc1ccccc12. The number of aliphatic imine (C=N–C) groups is 2. The molecule has 2 aliphatic rings. The zero-order chi connectivity index (χ0) is 17.4. The molecule has 5 N–H and O–H groups in total. The summed E-state index contributed by atoms with van der Waals surface area (Å²) >= 11 is 0. The van der Waals surface area contributed by atoms with Gasteiger partial charge in [-0.15, -0.1) is 0 Å². The lowest BCUT2D eigenvalue weighted by Gasteiger charge is -2.26. The van der Waals surface area contributed by atoms with Crippen molar-refractivity contribution in [2.45, 2.75) is 5.66 Å². The van der Waals surface area contributed by atoms with Crippen molar-refractivity contribution in [1.29, 1.82) is 0 Å². The minimum Gasteiger partial charge on any atom is -0.495 e. The normalized spacial score (nSPS) is 20.9. The zero-order valence-electron chi connectivity index (χ0n) is 13.4. The van der Waals surface area contributed by atoms with Crippen LogP contribution in [0.3, 0.4) is 0 Å². The van der Waals surface area contributed by atoms with Gasteiger partial charge in [0.2, 0.25) is 5.96 Å². The Morgan fingerprint density at radius 3 is 2.68 bits per heavy atom. The van der Waals surface area contributed by atoms with E-state index in [2.05, 4.69) is 25.9 Å². The first-order valence-electron chi connectivity index (χ1n) is 7.65. The number of fused-ring (bicyclic) bond motifs is 2. The third-order valence-corrected chi connectivity index (χ3v) is 4.03. The Hall–Kier alpha value is -3.55. The van der Waals surface area contributed by atoms with Gasteiger partial charge in [0.1, 0.15) is 5.75 Å². The first kappa shape index (κ1) is 15.0. The molecule has 0 saturated carbocycles. The Morgan fingerprint density at radius 2 is 1.84 bits per heavy atom. The predicted octanol–water partition coefficient (Wildman–Crippen LogP) is 1.19. The fourth-order valence-corrected chi connectivity index (χ4v) is 2.92. The van der Waals surface area contributed by atoms with Crippen LogP contribution in [-0.2, 0) is 10.5 Å². The van der Waals surface area contributed by atoms with E-state index < -0.39 is 5.66 Å². The third kappa shape index (κ3) is 2.35. The fraction of sp³-hybridized carbons (Fsp3) is 0.118. The molecule has 2 aliphatic heterocycles. The molecule has 0 saturated heterocycles. The molecule has 0 fully saturated rings. The van der Waals surface area contributed by atoms with E-state index in [9.17, 15) is 4.79 Å². The van der Waals surface area contributed by atoms with Crippen molar-refractivity contribution in [1.82, 2.24) is 5.32 Å². The Balaban J connectivity index is 1.77. The number of para-hydroxylation sites is 3. The summed E-state index contributed by atoms with van der Waals surface area (Å²) in [5, 5.41) is 8.75. The molecule has 126 valence electrons. The molecular formula is C17H16N6O2. The molecule has 25 heavy (non-hydrogen) atoms. The van der Waals surface area contributed by atoms with E-state index in [1.165, 1.54) is 0 Å². The molecule has 1 spiro atoms. The maximum Gasteiger partial charge on any atom is 0.280 e. The summed E-state index contributed by atoms with van der Waals surface area (Å²) in [7, 11) is 1.58. The maximum absolute atomic E-state index is 12.6. The van der Waals surface area contributed by atoms with Gasteiger partial charge < -0.3 is 21.1 Å². The first-order chi connectivity index (χ1) is 12.1. The molecule has 4 rings (SSSR count). The number of carbonyl (C=O) groups is 1. The second-order valence-corrected chi connectivity index (χ2v) is 5.58. The van der Waals surface area contributed by atoms with E-state index in [-0.39, 0.29) is 11.9 Å². The summed E-state index contributed by atoms with van der Waals surface area (Å²) in [5.74, 6) is 0.694. The van der Waals surface area contributed by atoms with Crippen molar-refractivity contribution < 1.29 is 9.53 Å². The Morgan fingerprint density at radius 1 is 1.08 bits per heavy atom. The third-order valence-electron chi connectivity index (χ3n) is 4.03. The van der Waals surface area contributed by atoms with Crippen molar-refractivity contribution in [2.75, 3.05) is 17.7 Å². The standard InChI is InChI=1S/C17H16N6O2/c1-25-13-9-5-4-8-12(13)20-16-21-15(18)22-17(23-16)10-6-2-3-7-11(10)19-14(17)24/h2-9H,1H3,(H,19,24)(H4,18,20,21,22,23)/t17-/m0/s1. The number of methoxy groups -OCH3 is 1. The van der Waals surface area contributed by atoms with Gasteiger partial charge >= 0.3 is 0 Å². The minimum absolute atomic E-state index is 0.0965. The Labute approximate surface area is 143 Å². The maximum atomic E-state index is 12.6. The van der Waals surface area contributed by atoms with E-state index in [0.717, 1.165) is 0 Å². The van der Waals surface area contributed by atoms with Crippen molar-refractivity contribution >= 4 is 29.2 Å². The number of anilines is 2. The Bertz CT molecular complexity index is 923. The number of nitrogens with one attached hydrogen (secondary N) is 3. The van der Waals surface area contributed by atoms with Crippen molar-refractivity contribution in [2.24, 2.45) is 15.7 Å². The fourth-order valence-electron chi connectivity index (χ4n) is 2.92. The van der Waals surface area contributed by atoms with Crippen molar-refractivity contribution in [3.05, 3.63) is 54.1 Å². The molecule has 1 atom stereocenters. The zero-order valence-corrected chi connectivity index (χ0v) is 13.4. The van der Waals surface area contributed by atoms with E-state index in [1.54, 1.807) is 19.2 Å². The van der Waals surface area contributed by atoms with Gasteiger partial charge in [-0.1, -0.05) is 30.3 Å². The van der Waals surface area contributed by atoms with Crippen molar-refractivity contribution in [3.63, 3.8) is 0 Å². The Kier molecular flexibility index (Phi) is 3.31. The number of hydrogen-bond donors (Lipinski definition) is 4. The van der Waals surface area contributed by atoms with Crippen LogP contribution in [0.2, 0.25) is 0 Å². The van der Waals surface area contributed by atoms with E-state index in [0.29, 0.717) is 28.6 Å². The van der Waals surface area contributed by atoms with Crippen LogP contribution in [0.1, 0.15) is 5.56 Å². The number of rotatable bonds is 2. The highest BCUT2D eigenvalue weighted by Crippen LogP contribution is 2.41. The van der Waals surface area contributed by atoms with Crippen LogP contribution in [0.15, 0.2) is 58.5 Å². The van der Waals surface area contributed by atoms with Crippen LogP contribution < -0.4 is 26.4 Å². The van der Waals surface area contributed by atoms with Gasteiger partial charge in [0, 0.05) is 11.3 Å². The monoisotopic (exact) mass is 336 g/mol. The molecule has 0 aromatic heterocycles. The number of ether oxygens (including phenoxy) is 1. The molecule has 0 unspecified atom stereocenters. The van der Waals surface area contributed by atoms with Gasteiger partial charge in [-0.2, -0.15) is 0 Å². The topological polar surface area (TPSA) is 113 Å². The number of nitrogens with two attached hydrogens (primary N) is 1. The lowest BCUT2D eigenvalue weighted by atomic mass is 10.0. The number of amides is 1. The number of hydrogen-bond acceptors (Lipinski definition) is 7. The predicted molar refractivity (Wildman–Crippen MR) is 95.6 cm³/mol. The molecule has 1 amide bonds. The molecule has 2 aromatic carbocycles. The van der Waals surface area contributed by atoms with E-state index >= 15 is 0 Å². The molecule has 0 bridgehead atoms. The number of benzene rings is 2. The lowest BCUT2D eigenvalue weighted by molar-refractivity contribution is -0.120. The van der Waals surface area contributed by atoms with Crippen LogP contribution >= 0.6 is 0 Å². The van der Waals surface area contributed by atoms with E-state index in [4.69, 9.17) is 10.5 Å². The second kappa shape index (κ2) is 5.52. The van der Waals surface area contributed by atoms with Crippen LogP contribution in [0, 0.1) is 0 Å². The van der Waals surface area contributed by atoms with Gasteiger partial charge in [0.25, 0.3) is 11.6 Å². The van der Waals surface area contributed by atoms with Crippen LogP contribution in [0.5, 0.6) is 5.75 Å². The van der Waals surface area contributed by atoms with E-state index in [1.807, 2.05) is 36.4 Å². The molecule has 0 radical (unpaired) electrons.